The number of ether oxygens (including phenoxy) is 2. The molecule has 0 fully saturated rings. The summed E-state index contributed by atoms with van der Waals surface area (Å²) in [6, 6.07) is 3.40. The highest BCUT2D eigenvalue weighted by Gasteiger charge is 2.11. The highest BCUT2D eigenvalue weighted by atomic mass is 35.5. The van der Waals surface area contributed by atoms with E-state index in [1.165, 1.54) is 7.11 Å². The largest absolute Gasteiger partial charge is 0.492 e. The SMILES string of the molecule is CCOc1cc(C)c(NC(=O)CCC(=O)OC)cc1Cl. The van der Waals surface area contributed by atoms with E-state index in [9.17, 15) is 9.59 Å². The van der Waals surface area contributed by atoms with Crippen molar-refractivity contribution >= 4 is 29.2 Å². The number of anilines is 1. The summed E-state index contributed by atoms with van der Waals surface area (Å²) in [5, 5.41) is 3.14. The van der Waals surface area contributed by atoms with Gasteiger partial charge in [-0.25, -0.2) is 0 Å². The number of hydrogen-bond donors (Lipinski definition) is 1. The number of esters is 1. The molecule has 5 nitrogen and oxygen atoms in total. The lowest BCUT2D eigenvalue weighted by Gasteiger charge is -2.12. The summed E-state index contributed by atoms with van der Waals surface area (Å²) in [4.78, 5) is 22.7. The number of benzene rings is 1. The first kappa shape index (κ1) is 16.3. The molecule has 1 amide bonds. The molecule has 110 valence electrons. The maximum Gasteiger partial charge on any atom is 0.306 e. The van der Waals surface area contributed by atoms with Gasteiger partial charge in [0.15, 0.2) is 0 Å². The zero-order chi connectivity index (χ0) is 15.1. The molecule has 0 unspecified atom stereocenters. The van der Waals surface area contributed by atoms with Crippen molar-refractivity contribution in [2.24, 2.45) is 0 Å². The second-order valence-corrected chi connectivity index (χ2v) is 4.56. The quantitative estimate of drug-likeness (QED) is 0.820. The predicted molar refractivity (Wildman–Crippen MR) is 77.2 cm³/mol. The van der Waals surface area contributed by atoms with E-state index < -0.39 is 5.97 Å². The first-order valence-electron chi connectivity index (χ1n) is 6.27. The molecule has 0 aliphatic rings. The van der Waals surface area contributed by atoms with E-state index in [1.807, 2.05) is 13.8 Å². The third kappa shape index (κ3) is 4.74. The van der Waals surface area contributed by atoms with E-state index >= 15 is 0 Å². The molecule has 0 radical (unpaired) electrons. The minimum atomic E-state index is -0.415. The van der Waals surface area contributed by atoms with Crippen LogP contribution >= 0.6 is 11.6 Å². The number of rotatable bonds is 6. The van der Waals surface area contributed by atoms with Gasteiger partial charge >= 0.3 is 5.97 Å². The molecular formula is C14H18ClNO4. The fourth-order valence-corrected chi connectivity index (χ4v) is 1.80. The van der Waals surface area contributed by atoms with Gasteiger partial charge in [-0.2, -0.15) is 0 Å². The van der Waals surface area contributed by atoms with E-state index in [2.05, 4.69) is 10.1 Å². The Morgan fingerprint density at radius 3 is 2.60 bits per heavy atom. The molecule has 0 bridgehead atoms. The minimum Gasteiger partial charge on any atom is -0.492 e. The Bertz CT molecular complexity index is 502. The third-order valence-electron chi connectivity index (χ3n) is 2.64. The minimum absolute atomic E-state index is 0.0478. The summed E-state index contributed by atoms with van der Waals surface area (Å²) < 4.78 is 9.84. The van der Waals surface area contributed by atoms with Crippen LogP contribution in [0.15, 0.2) is 12.1 Å². The van der Waals surface area contributed by atoms with Crippen molar-refractivity contribution in [1.29, 1.82) is 0 Å². The molecule has 0 atom stereocenters. The van der Waals surface area contributed by atoms with Gasteiger partial charge in [-0.05, 0) is 31.5 Å². The highest BCUT2D eigenvalue weighted by Crippen LogP contribution is 2.31. The fraction of sp³-hybridized carbons (Fsp3) is 0.429. The summed E-state index contributed by atoms with van der Waals surface area (Å²) in [5.41, 5.74) is 1.44. The number of carbonyl (C=O) groups is 2. The molecule has 0 aliphatic heterocycles. The number of carbonyl (C=O) groups excluding carboxylic acids is 2. The maximum absolute atomic E-state index is 11.7. The monoisotopic (exact) mass is 299 g/mol. The van der Waals surface area contributed by atoms with Gasteiger partial charge in [-0.15, -0.1) is 0 Å². The van der Waals surface area contributed by atoms with Crippen molar-refractivity contribution in [3.63, 3.8) is 0 Å². The zero-order valence-corrected chi connectivity index (χ0v) is 12.5. The van der Waals surface area contributed by atoms with Crippen molar-refractivity contribution in [2.45, 2.75) is 26.7 Å². The van der Waals surface area contributed by atoms with Crippen LogP contribution in [0.3, 0.4) is 0 Å². The standard InChI is InChI=1S/C14H18ClNO4/c1-4-20-12-7-9(2)11(8-10(12)15)16-13(17)5-6-14(18)19-3/h7-8H,4-6H2,1-3H3,(H,16,17). The van der Waals surface area contributed by atoms with E-state index in [0.29, 0.717) is 23.1 Å². The summed E-state index contributed by atoms with van der Waals surface area (Å²) >= 11 is 6.06. The van der Waals surface area contributed by atoms with Gasteiger partial charge in [0, 0.05) is 12.1 Å². The summed E-state index contributed by atoms with van der Waals surface area (Å²) in [6.07, 6.45) is 0.114. The van der Waals surface area contributed by atoms with Crippen molar-refractivity contribution in [2.75, 3.05) is 19.0 Å². The molecule has 0 saturated heterocycles. The van der Waals surface area contributed by atoms with Crippen molar-refractivity contribution in [3.05, 3.63) is 22.7 Å². The Balaban J connectivity index is 2.70. The van der Waals surface area contributed by atoms with Crippen LogP contribution in [0.2, 0.25) is 5.02 Å². The second-order valence-electron chi connectivity index (χ2n) is 4.15. The molecule has 0 aliphatic carbocycles. The van der Waals surface area contributed by atoms with Crippen LogP contribution in [0.25, 0.3) is 0 Å². The number of methoxy groups -OCH3 is 1. The third-order valence-corrected chi connectivity index (χ3v) is 2.93. The molecule has 0 heterocycles. The van der Waals surface area contributed by atoms with Gasteiger partial charge in [-0.1, -0.05) is 11.6 Å². The Hall–Kier alpha value is -1.75. The summed E-state index contributed by atoms with van der Waals surface area (Å²) in [6.45, 7) is 4.23. The molecule has 1 N–H and O–H groups in total. The Morgan fingerprint density at radius 2 is 2.00 bits per heavy atom. The first-order chi connectivity index (χ1) is 9.47. The summed E-state index contributed by atoms with van der Waals surface area (Å²) in [5.74, 6) is -0.0976. The van der Waals surface area contributed by atoms with Gasteiger partial charge < -0.3 is 14.8 Å². The molecule has 0 saturated carbocycles. The smallest absolute Gasteiger partial charge is 0.306 e. The van der Waals surface area contributed by atoms with Crippen LogP contribution < -0.4 is 10.1 Å². The fourth-order valence-electron chi connectivity index (χ4n) is 1.59. The number of hydrogen-bond acceptors (Lipinski definition) is 4. The van der Waals surface area contributed by atoms with Crippen LogP contribution in [0, 0.1) is 6.92 Å². The number of aryl methyl sites for hydroxylation is 1. The maximum atomic E-state index is 11.7. The molecular weight excluding hydrogens is 282 g/mol. The van der Waals surface area contributed by atoms with Crippen molar-refractivity contribution in [1.82, 2.24) is 0 Å². The van der Waals surface area contributed by atoms with Crippen LogP contribution in [-0.2, 0) is 14.3 Å². The molecule has 0 aromatic heterocycles. The zero-order valence-electron chi connectivity index (χ0n) is 11.8. The van der Waals surface area contributed by atoms with Crippen LogP contribution in [0.1, 0.15) is 25.3 Å². The average molecular weight is 300 g/mol. The van der Waals surface area contributed by atoms with Crippen LogP contribution in [0.5, 0.6) is 5.75 Å². The number of nitrogens with one attached hydrogen (secondary N) is 1. The Morgan fingerprint density at radius 1 is 1.30 bits per heavy atom. The van der Waals surface area contributed by atoms with Crippen LogP contribution in [0.4, 0.5) is 5.69 Å². The lowest BCUT2D eigenvalue weighted by Crippen LogP contribution is -2.14. The van der Waals surface area contributed by atoms with E-state index in [4.69, 9.17) is 16.3 Å². The summed E-state index contributed by atoms with van der Waals surface area (Å²) in [7, 11) is 1.29. The molecule has 6 heteroatoms. The van der Waals surface area contributed by atoms with Gasteiger partial charge in [-0.3, -0.25) is 9.59 Å². The second kappa shape index (κ2) is 7.75. The Labute approximate surface area is 123 Å². The van der Waals surface area contributed by atoms with Crippen LogP contribution in [-0.4, -0.2) is 25.6 Å². The first-order valence-corrected chi connectivity index (χ1v) is 6.65. The molecule has 20 heavy (non-hydrogen) atoms. The molecule has 1 rings (SSSR count). The predicted octanol–water partition coefficient (Wildman–Crippen LogP) is 2.94. The normalized spacial score (nSPS) is 10.0. The van der Waals surface area contributed by atoms with Gasteiger partial charge in [0.05, 0.1) is 25.2 Å². The van der Waals surface area contributed by atoms with Gasteiger partial charge in [0.25, 0.3) is 0 Å². The molecule has 1 aromatic rings. The number of halogens is 1. The lowest BCUT2D eigenvalue weighted by atomic mass is 10.2. The van der Waals surface area contributed by atoms with E-state index in [0.717, 1.165) is 5.56 Å². The lowest BCUT2D eigenvalue weighted by molar-refractivity contribution is -0.141. The van der Waals surface area contributed by atoms with Gasteiger partial charge in [0.2, 0.25) is 5.91 Å². The topological polar surface area (TPSA) is 64.6 Å². The van der Waals surface area contributed by atoms with Crippen molar-refractivity contribution < 1.29 is 19.1 Å². The number of amides is 1. The van der Waals surface area contributed by atoms with E-state index in [1.54, 1.807) is 12.1 Å². The Kier molecular flexibility index (Phi) is 6.31. The van der Waals surface area contributed by atoms with E-state index in [-0.39, 0.29) is 18.7 Å². The van der Waals surface area contributed by atoms with Crippen molar-refractivity contribution in [3.8, 4) is 5.75 Å². The van der Waals surface area contributed by atoms with Gasteiger partial charge in [0.1, 0.15) is 5.75 Å². The molecule has 0 spiro atoms. The highest BCUT2D eigenvalue weighted by molar-refractivity contribution is 6.32. The average Bonchev–Trinajstić information content (AvgIpc) is 2.41. The molecule has 1 aromatic carbocycles.